The van der Waals surface area contributed by atoms with E-state index >= 15 is 0 Å². The van der Waals surface area contributed by atoms with Crippen LogP contribution in [-0.4, -0.2) is 33.1 Å². The molecule has 2 aliphatic heterocycles. The topological polar surface area (TPSA) is 50.5 Å². The van der Waals surface area contributed by atoms with Crippen LogP contribution in [0.15, 0.2) is 47.6 Å². The molecule has 0 radical (unpaired) electrons. The van der Waals surface area contributed by atoms with E-state index in [9.17, 15) is 4.79 Å². The Morgan fingerprint density at radius 2 is 2.10 bits per heavy atom. The molecule has 0 atom stereocenters. The molecule has 3 aromatic rings. The highest BCUT2D eigenvalue weighted by atomic mass is 16.2. The lowest BCUT2D eigenvalue weighted by molar-refractivity contribution is -0.126. The van der Waals surface area contributed by atoms with E-state index in [1.54, 1.807) is 6.08 Å². The predicted molar refractivity (Wildman–Crippen MR) is 119 cm³/mol. The van der Waals surface area contributed by atoms with Gasteiger partial charge in [-0.05, 0) is 48.6 Å². The predicted octanol–water partition coefficient (Wildman–Crippen LogP) is 4.31. The fourth-order valence-electron chi connectivity index (χ4n) is 5.22. The smallest absolute Gasteiger partial charge is 0.246 e. The van der Waals surface area contributed by atoms with E-state index in [-0.39, 0.29) is 11.3 Å². The average Bonchev–Trinajstić information content (AvgIpc) is 3.28. The Balaban J connectivity index is 1.23. The lowest BCUT2D eigenvalue weighted by Gasteiger charge is -2.36. The largest absolute Gasteiger partial charge is 0.346 e. The summed E-state index contributed by atoms with van der Waals surface area (Å²) in [5, 5.41) is 1.31. The molecule has 6 rings (SSSR count). The van der Waals surface area contributed by atoms with Crippen LogP contribution in [0.5, 0.6) is 0 Å². The molecule has 3 aliphatic rings. The molecule has 5 heteroatoms. The van der Waals surface area contributed by atoms with Crippen molar-refractivity contribution in [2.24, 2.45) is 12.0 Å². The number of aromatic nitrogens is 2. The van der Waals surface area contributed by atoms with Crippen LogP contribution in [0, 0.1) is 0 Å². The van der Waals surface area contributed by atoms with Crippen molar-refractivity contribution in [2.45, 2.75) is 37.6 Å². The Morgan fingerprint density at radius 3 is 2.93 bits per heavy atom. The van der Waals surface area contributed by atoms with Crippen LogP contribution < -0.4 is 0 Å². The van der Waals surface area contributed by atoms with E-state index in [1.807, 2.05) is 17.2 Å². The molecule has 1 amide bonds. The van der Waals surface area contributed by atoms with Crippen molar-refractivity contribution in [2.75, 3.05) is 6.54 Å². The third kappa shape index (κ3) is 2.51. The summed E-state index contributed by atoms with van der Waals surface area (Å²) < 4.78 is 2.23. The molecular weight excluding hydrogens is 372 g/mol. The highest BCUT2D eigenvalue weighted by molar-refractivity contribution is 5.93. The Morgan fingerprint density at radius 1 is 1.23 bits per heavy atom. The number of fused-ring (bicyclic) bond motifs is 5. The van der Waals surface area contributed by atoms with Crippen LogP contribution in [0.2, 0.25) is 0 Å². The highest BCUT2D eigenvalue weighted by Crippen LogP contribution is 2.49. The van der Waals surface area contributed by atoms with Crippen LogP contribution in [0.1, 0.15) is 41.6 Å². The van der Waals surface area contributed by atoms with Gasteiger partial charge in [0.2, 0.25) is 5.91 Å². The number of hydrogen-bond donors (Lipinski definition) is 0. The lowest BCUT2D eigenvalue weighted by atomic mass is 9.66. The Hall–Kier alpha value is -3.21. The van der Waals surface area contributed by atoms with Gasteiger partial charge in [-0.15, -0.1) is 0 Å². The molecule has 0 bridgehead atoms. The van der Waals surface area contributed by atoms with Crippen LogP contribution in [-0.2, 0) is 30.2 Å². The number of aliphatic imine (C=N–C) groups is 1. The summed E-state index contributed by atoms with van der Waals surface area (Å²) in [7, 11) is 2.10. The maximum Gasteiger partial charge on any atom is 0.246 e. The molecule has 1 saturated carbocycles. The summed E-state index contributed by atoms with van der Waals surface area (Å²) in [5.41, 5.74) is 6.17. The second-order valence-corrected chi connectivity index (χ2v) is 8.75. The van der Waals surface area contributed by atoms with Crippen LogP contribution in [0.3, 0.4) is 0 Å². The van der Waals surface area contributed by atoms with Gasteiger partial charge in [0.1, 0.15) is 0 Å². The normalized spacial score (nSPS) is 18.8. The van der Waals surface area contributed by atoms with E-state index in [0.29, 0.717) is 6.54 Å². The molecule has 1 fully saturated rings. The van der Waals surface area contributed by atoms with Gasteiger partial charge in [-0.25, -0.2) is 9.98 Å². The molecule has 4 heterocycles. The zero-order valence-corrected chi connectivity index (χ0v) is 17.1. The summed E-state index contributed by atoms with van der Waals surface area (Å²) in [6.07, 6.45) is 11.9. The molecular formula is C25H24N4O. The first-order valence-corrected chi connectivity index (χ1v) is 10.7. The van der Waals surface area contributed by atoms with Crippen LogP contribution in [0.4, 0.5) is 5.82 Å². The molecule has 0 saturated heterocycles. The minimum Gasteiger partial charge on any atom is -0.346 e. The summed E-state index contributed by atoms with van der Waals surface area (Å²) in [4.78, 5) is 23.9. The number of pyridine rings is 1. The lowest BCUT2D eigenvalue weighted by Crippen LogP contribution is -2.35. The molecule has 1 aliphatic carbocycles. The van der Waals surface area contributed by atoms with Crippen molar-refractivity contribution in [3.63, 3.8) is 0 Å². The van der Waals surface area contributed by atoms with Gasteiger partial charge in [0.15, 0.2) is 5.82 Å². The van der Waals surface area contributed by atoms with Gasteiger partial charge in [0.05, 0.1) is 6.54 Å². The number of aryl methyl sites for hydroxylation is 1. The number of benzene rings is 1. The van der Waals surface area contributed by atoms with Crippen LogP contribution in [0.25, 0.3) is 17.0 Å². The first-order valence-electron chi connectivity index (χ1n) is 10.7. The van der Waals surface area contributed by atoms with Crippen molar-refractivity contribution < 1.29 is 4.79 Å². The number of rotatable bonds is 2. The van der Waals surface area contributed by atoms with Crippen molar-refractivity contribution in [1.29, 1.82) is 0 Å². The standard InChI is InChI=1S/C25H24N4O/c1-28-21-6-3-2-5-18(21)19-9-12-29(15-22(19)28)23(30)8-7-17-13-20-24(26-14-17)27-16-25(20)10-4-11-25/h2-3,5-8,13-14,16H,4,9-12,15H2,1H3/b8-7+. The third-order valence-electron chi connectivity index (χ3n) is 7.15. The molecule has 150 valence electrons. The molecule has 30 heavy (non-hydrogen) atoms. The van der Waals surface area contributed by atoms with Crippen molar-refractivity contribution in [3.8, 4) is 0 Å². The summed E-state index contributed by atoms with van der Waals surface area (Å²) in [6, 6.07) is 10.7. The van der Waals surface area contributed by atoms with E-state index in [1.165, 1.54) is 34.1 Å². The van der Waals surface area contributed by atoms with Gasteiger partial charge in [-0.1, -0.05) is 24.6 Å². The van der Waals surface area contributed by atoms with Gasteiger partial charge in [-0.3, -0.25) is 4.79 Å². The maximum atomic E-state index is 12.9. The highest BCUT2D eigenvalue weighted by Gasteiger charge is 2.42. The van der Waals surface area contributed by atoms with Crippen molar-refractivity contribution >= 4 is 34.9 Å². The van der Waals surface area contributed by atoms with Crippen molar-refractivity contribution in [1.82, 2.24) is 14.5 Å². The number of amides is 1. The Kier molecular flexibility index (Phi) is 3.76. The zero-order valence-electron chi connectivity index (χ0n) is 17.1. The van der Waals surface area contributed by atoms with Gasteiger partial charge in [0, 0.05) is 59.7 Å². The minimum absolute atomic E-state index is 0.0565. The SMILES string of the molecule is Cn1c2c(c3ccccc31)CCN(C(=O)/C=C/c1cnc3c(c1)C1(C=N3)CCC1)C2. The monoisotopic (exact) mass is 396 g/mol. The van der Waals surface area contributed by atoms with Gasteiger partial charge in [-0.2, -0.15) is 0 Å². The van der Waals surface area contributed by atoms with Gasteiger partial charge in [0.25, 0.3) is 0 Å². The summed E-state index contributed by atoms with van der Waals surface area (Å²) in [5.74, 6) is 0.901. The second-order valence-electron chi connectivity index (χ2n) is 8.75. The summed E-state index contributed by atoms with van der Waals surface area (Å²) >= 11 is 0. The number of carbonyl (C=O) groups is 1. The Labute approximate surface area is 175 Å². The minimum atomic E-state index is 0.0565. The summed E-state index contributed by atoms with van der Waals surface area (Å²) in [6.45, 7) is 1.41. The second kappa shape index (κ2) is 6.39. The fourth-order valence-corrected chi connectivity index (χ4v) is 5.22. The van der Waals surface area contributed by atoms with E-state index in [2.05, 4.69) is 58.1 Å². The molecule has 1 spiro atoms. The van der Waals surface area contributed by atoms with Crippen LogP contribution >= 0.6 is 0 Å². The van der Waals surface area contributed by atoms with E-state index < -0.39 is 0 Å². The van der Waals surface area contributed by atoms with Gasteiger partial charge >= 0.3 is 0 Å². The molecule has 0 unspecified atom stereocenters. The number of hydrogen-bond acceptors (Lipinski definition) is 3. The third-order valence-corrected chi connectivity index (χ3v) is 7.15. The Bertz CT molecular complexity index is 1250. The average molecular weight is 396 g/mol. The molecule has 2 aromatic heterocycles. The zero-order chi connectivity index (χ0) is 20.3. The molecule has 1 aromatic carbocycles. The molecule has 0 N–H and O–H groups in total. The number of nitrogens with zero attached hydrogens (tertiary/aromatic N) is 4. The van der Waals surface area contributed by atoms with Crippen molar-refractivity contribution in [3.05, 3.63) is 65.0 Å². The number of para-hydroxylation sites is 1. The van der Waals surface area contributed by atoms with E-state index in [4.69, 9.17) is 0 Å². The van der Waals surface area contributed by atoms with Gasteiger partial charge < -0.3 is 9.47 Å². The maximum absolute atomic E-state index is 12.9. The number of carbonyl (C=O) groups excluding carboxylic acids is 1. The fraction of sp³-hybridized carbons (Fsp3) is 0.320. The quantitative estimate of drug-likeness (QED) is 0.606. The molecule has 5 nitrogen and oxygen atoms in total. The first-order chi connectivity index (χ1) is 14.6. The first kappa shape index (κ1) is 17.6. The van der Waals surface area contributed by atoms with E-state index in [0.717, 1.165) is 37.2 Å².